The Morgan fingerprint density at radius 2 is 2.00 bits per heavy atom. The van der Waals surface area contributed by atoms with Gasteiger partial charge in [-0.05, 0) is 5.92 Å². The first kappa shape index (κ1) is 6.78. The maximum atomic E-state index is 9.14. The molecule has 1 rings (SSSR count). The number of rotatable bonds is 0. The van der Waals surface area contributed by atoms with Gasteiger partial charge in [0.2, 0.25) is 0 Å². The first-order valence-corrected chi connectivity index (χ1v) is 5.22. The van der Waals surface area contributed by atoms with Crippen LogP contribution >= 0.6 is 21.6 Å². The summed E-state index contributed by atoms with van der Waals surface area (Å²) in [7, 11) is 3.64. The van der Waals surface area contributed by atoms with Crippen LogP contribution in [0.2, 0.25) is 0 Å². The molecule has 0 aromatic rings. The summed E-state index contributed by atoms with van der Waals surface area (Å²) in [6.07, 6.45) is -0.0544. The fourth-order valence-corrected chi connectivity index (χ4v) is 3.29. The molecule has 1 nitrogen and oxygen atoms in total. The zero-order valence-electron chi connectivity index (χ0n) is 4.83. The monoisotopic (exact) mass is 150 g/mol. The van der Waals surface area contributed by atoms with Gasteiger partial charge in [-0.2, -0.15) is 0 Å². The van der Waals surface area contributed by atoms with Gasteiger partial charge in [0.15, 0.2) is 0 Å². The lowest BCUT2D eigenvalue weighted by molar-refractivity contribution is 0.150. The van der Waals surface area contributed by atoms with Crippen molar-refractivity contribution in [3.63, 3.8) is 0 Å². The van der Waals surface area contributed by atoms with E-state index in [9.17, 15) is 0 Å². The van der Waals surface area contributed by atoms with Crippen LogP contribution < -0.4 is 0 Å². The highest BCUT2D eigenvalue weighted by Crippen LogP contribution is 2.32. The van der Waals surface area contributed by atoms with E-state index in [-0.39, 0.29) is 6.10 Å². The minimum atomic E-state index is -0.0544. The van der Waals surface area contributed by atoms with Gasteiger partial charge in [0.1, 0.15) is 0 Å². The number of aliphatic hydroxyl groups is 1. The van der Waals surface area contributed by atoms with Crippen molar-refractivity contribution in [3.8, 4) is 0 Å². The summed E-state index contributed by atoms with van der Waals surface area (Å²) in [5.41, 5.74) is 0. The molecule has 48 valence electrons. The highest BCUT2D eigenvalue weighted by molar-refractivity contribution is 8.76. The normalized spacial score (nSPS) is 39.8. The first-order valence-electron chi connectivity index (χ1n) is 2.73. The van der Waals surface area contributed by atoms with Gasteiger partial charge in [-0.15, -0.1) is 0 Å². The zero-order chi connectivity index (χ0) is 5.98. The molecule has 0 unspecified atom stereocenters. The number of aliphatic hydroxyl groups excluding tert-OH is 1. The second kappa shape index (κ2) is 2.99. The topological polar surface area (TPSA) is 20.2 Å². The molecule has 0 radical (unpaired) electrons. The molecule has 1 heterocycles. The SMILES string of the molecule is C[C@@H]1CSSC[C@@H]1O. The maximum Gasteiger partial charge on any atom is 0.0672 e. The van der Waals surface area contributed by atoms with Gasteiger partial charge in [-0.3, -0.25) is 0 Å². The number of hydrogen-bond donors (Lipinski definition) is 1. The van der Waals surface area contributed by atoms with Crippen molar-refractivity contribution in [1.82, 2.24) is 0 Å². The van der Waals surface area contributed by atoms with Gasteiger partial charge < -0.3 is 5.11 Å². The average Bonchev–Trinajstić information content (AvgIpc) is 1.77. The third kappa shape index (κ3) is 1.57. The van der Waals surface area contributed by atoms with E-state index in [4.69, 9.17) is 5.11 Å². The summed E-state index contributed by atoms with van der Waals surface area (Å²) in [6, 6.07) is 0. The summed E-state index contributed by atoms with van der Waals surface area (Å²) in [6.45, 7) is 2.09. The standard InChI is InChI=1S/C5H10OS2/c1-4-2-7-8-3-5(4)6/h4-6H,2-3H2,1H3/t4-,5+/m1/s1. The predicted molar refractivity (Wildman–Crippen MR) is 40.1 cm³/mol. The van der Waals surface area contributed by atoms with Crippen LogP contribution in [0, 0.1) is 5.92 Å². The minimum absolute atomic E-state index is 0.0544. The molecule has 0 spiro atoms. The van der Waals surface area contributed by atoms with Gasteiger partial charge in [0, 0.05) is 11.5 Å². The third-order valence-corrected chi connectivity index (χ3v) is 3.93. The molecule has 0 bridgehead atoms. The van der Waals surface area contributed by atoms with Crippen molar-refractivity contribution in [1.29, 1.82) is 0 Å². The quantitative estimate of drug-likeness (QED) is 0.527. The van der Waals surface area contributed by atoms with Crippen molar-refractivity contribution in [2.75, 3.05) is 11.5 Å². The molecular weight excluding hydrogens is 140 g/mol. The highest BCUT2D eigenvalue weighted by Gasteiger charge is 2.18. The van der Waals surface area contributed by atoms with Crippen molar-refractivity contribution >= 4 is 21.6 Å². The van der Waals surface area contributed by atoms with Crippen LogP contribution in [-0.4, -0.2) is 22.7 Å². The van der Waals surface area contributed by atoms with E-state index in [0.29, 0.717) is 5.92 Å². The van der Waals surface area contributed by atoms with E-state index >= 15 is 0 Å². The van der Waals surface area contributed by atoms with Gasteiger partial charge >= 0.3 is 0 Å². The lowest BCUT2D eigenvalue weighted by Crippen LogP contribution is -2.24. The van der Waals surface area contributed by atoms with Crippen LogP contribution in [0.4, 0.5) is 0 Å². The summed E-state index contributed by atoms with van der Waals surface area (Å²) in [4.78, 5) is 0. The van der Waals surface area contributed by atoms with Crippen molar-refractivity contribution in [2.45, 2.75) is 13.0 Å². The van der Waals surface area contributed by atoms with Crippen molar-refractivity contribution in [2.24, 2.45) is 5.92 Å². The van der Waals surface area contributed by atoms with Gasteiger partial charge in [-0.25, -0.2) is 0 Å². The molecule has 0 aromatic carbocycles. The minimum Gasteiger partial charge on any atom is -0.392 e. The van der Waals surface area contributed by atoms with Gasteiger partial charge in [0.05, 0.1) is 6.10 Å². The van der Waals surface area contributed by atoms with Crippen LogP contribution in [0.5, 0.6) is 0 Å². The molecule has 3 heteroatoms. The lowest BCUT2D eigenvalue weighted by atomic mass is 10.1. The summed E-state index contributed by atoms with van der Waals surface area (Å²) in [5, 5.41) is 9.14. The Kier molecular flexibility index (Phi) is 2.53. The van der Waals surface area contributed by atoms with Crippen LogP contribution in [0.3, 0.4) is 0 Å². The molecule has 1 aliphatic heterocycles. The molecule has 8 heavy (non-hydrogen) atoms. The zero-order valence-corrected chi connectivity index (χ0v) is 6.47. The Bertz CT molecular complexity index is 66.8. The van der Waals surface area contributed by atoms with Crippen LogP contribution in [0.15, 0.2) is 0 Å². The van der Waals surface area contributed by atoms with Gasteiger partial charge in [0.25, 0.3) is 0 Å². The van der Waals surface area contributed by atoms with E-state index in [1.807, 2.05) is 10.8 Å². The molecule has 0 saturated carbocycles. The van der Waals surface area contributed by atoms with E-state index < -0.39 is 0 Å². The Hall–Kier alpha value is 0.660. The predicted octanol–water partition coefficient (Wildman–Crippen LogP) is 1.38. The Labute approximate surface area is 57.6 Å². The second-order valence-electron chi connectivity index (χ2n) is 2.11. The van der Waals surface area contributed by atoms with E-state index in [1.165, 1.54) is 0 Å². The highest BCUT2D eigenvalue weighted by atomic mass is 33.1. The Balaban J connectivity index is 2.28. The molecular formula is C5H10OS2. The van der Waals surface area contributed by atoms with Gasteiger partial charge in [-0.1, -0.05) is 28.5 Å². The van der Waals surface area contributed by atoms with Crippen LogP contribution in [-0.2, 0) is 0 Å². The van der Waals surface area contributed by atoms with Crippen molar-refractivity contribution < 1.29 is 5.11 Å². The smallest absolute Gasteiger partial charge is 0.0672 e. The largest absolute Gasteiger partial charge is 0.392 e. The Morgan fingerprint density at radius 3 is 2.38 bits per heavy atom. The molecule has 0 amide bonds. The summed E-state index contributed by atoms with van der Waals surface area (Å²) >= 11 is 0. The molecule has 0 aliphatic carbocycles. The average molecular weight is 150 g/mol. The van der Waals surface area contributed by atoms with E-state index in [0.717, 1.165) is 11.5 Å². The first-order chi connectivity index (χ1) is 3.80. The third-order valence-electron chi connectivity index (χ3n) is 1.31. The summed E-state index contributed by atoms with van der Waals surface area (Å²) in [5.74, 6) is 2.51. The molecule has 1 saturated heterocycles. The van der Waals surface area contributed by atoms with Crippen LogP contribution in [0.25, 0.3) is 0 Å². The summed E-state index contributed by atoms with van der Waals surface area (Å²) < 4.78 is 0. The van der Waals surface area contributed by atoms with E-state index in [2.05, 4.69) is 6.92 Å². The lowest BCUT2D eigenvalue weighted by Gasteiger charge is -2.22. The molecule has 0 aromatic heterocycles. The second-order valence-corrected chi connectivity index (χ2v) is 4.67. The molecule has 1 fully saturated rings. The fourth-order valence-electron chi connectivity index (χ4n) is 0.549. The maximum absolute atomic E-state index is 9.14. The van der Waals surface area contributed by atoms with Crippen LogP contribution in [0.1, 0.15) is 6.92 Å². The molecule has 1 N–H and O–H groups in total. The van der Waals surface area contributed by atoms with E-state index in [1.54, 1.807) is 10.8 Å². The van der Waals surface area contributed by atoms with Crippen molar-refractivity contribution in [3.05, 3.63) is 0 Å². The molecule has 1 aliphatic rings. The molecule has 2 atom stereocenters. The fraction of sp³-hybridized carbons (Fsp3) is 1.00. The number of hydrogen-bond acceptors (Lipinski definition) is 3. The Morgan fingerprint density at radius 1 is 1.38 bits per heavy atom.